The Kier molecular flexibility index (Phi) is 3.37. The minimum absolute atomic E-state index is 0.0649. The standard InChI is InChI=1S/C13H19NO/c1-2-10-3-5-12(14-9-10)7-11-4-6-13(15)8-11/h3,5,9,11,13,15H,2,4,6-8H2,1H3. The Morgan fingerprint density at radius 3 is 2.80 bits per heavy atom. The zero-order valence-corrected chi connectivity index (χ0v) is 9.32. The van der Waals surface area contributed by atoms with Gasteiger partial charge in [-0.05, 0) is 49.7 Å². The largest absolute Gasteiger partial charge is 0.393 e. The molecule has 0 aromatic carbocycles. The maximum atomic E-state index is 9.44. The predicted octanol–water partition coefficient (Wildman–Crippen LogP) is 2.35. The minimum atomic E-state index is -0.0649. The number of aryl methyl sites for hydroxylation is 1. The van der Waals surface area contributed by atoms with Gasteiger partial charge in [-0.15, -0.1) is 0 Å². The summed E-state index contributed by atoms with van der Waals surface area (Å²) in [5.41, 5.74) is 2.47. The van der Waals surface area contributed by atoms with Crippen molar-refractivity contribution in [3.8, 4) is 0 Å². The van der Waals surface area contributed by atoms with E-state index < -0.39 is 0 Å². The van der Waals surface area contributed by atoms with Crippen molar-refractivity contribution >= 4 is 0 Å². The molecule has 2 heteroatoms. The Labute approximate surface area is 91.4 Å². The molecule has 0 saturated heterocycles. The van der Waals surface area contributed by atoms with E-state index in [1.807, 2.05) is 6.20 Å². The van der Waals surface area contributed by atoms with Crippen LogP contribution in [0.4, 0.5) is 0 Å². The van der Waals surface area contributed by atoms with Crippen LogP contribution in [0.25, 0.3) is 0 Å². The Bertz CT molecular complexity index is 307. The third-order valence-electron chi connectivity index (χ3n) is 3.31. The highest BCUT2D eigenvalue weighted by atomic mass is 16.3. The van der Waals surface area contributed by atoms with E-state index in [4.69, 9.17) is 0 Å². The highest BCUT2D eigenvalue weighted by Crippen LogP contribution is 2.27. The van der Waals surface area contributed by atoms with E-state index in [9.17, 15) is 5.11 Å². The van der Waals surface area contributed by atoms with Gasteiger partial charge in [0, 0.05) is 11.9 Å². The molecular weight excluding hydrogens is 186 g/mol. The third kappa shape index (κ3) is 2.78. The van der Waals surface area contributed by atoms with Crippen LogP contribution in [0, 0.1) is 5.92 Å². The van der Waals surface area contributed by atoms with Crippen molar-refractivity contribution in [1.82, 2.24) is 4.98 Å². The Hall–Kier alpha value is -0.890. The summed E-state index contributed by atoms with van der Waals surface area (Å²) in [5, 5.41) is 9.44. The highest BCUT2D eigenvalue weighted by molar-refractivity contribution is 5.14. The van der Waals surface area contributed by atoms with Gasteiger partial charge in [0.1, 0.15) is 0 Å². The maximum Gasteiger partial charge on any atom is 0.0543 e. The van der Waals surface area contributed by atoms with E-state index in [2.05, 4.69) is 24.0 Å². The van der Waals surface area contributed by atoms with Crippen LogP contribution in [0.2, 0.25) is 0 Å². The minimum Gasteiger partial charge on any atom is -0.393 e. The van der Waals surface area contributed by atoms with E-state index in [-0.39, 0.29) is 6.10 Å². The first-order valence-corrected chi connectivity index (χ1v) is 5.89. The maximum absolute atomic E-state index is 9.44. The summed E-state index contributed by atoms with van der Waals surface area (Å²) in [4.78, 5) is 4.46. The molecule has 1 aromatic rings. The summed E-state index contributed by atoms with van der Waals surface area (Å²) in [6.07, 6.45) is 7.06. The Morgan fingerprint density at radius 2 is 2.27 bits per heavy atom. The topological polar surface area (TPSA) is 33.1 Å². The van der Waals surface area contributed by atoms with Crippen LogP contribution in [0.15, 0.2) is 18.3 Å². The van der Waals surface area contributed by atoms with Gasteiger partial charge in [0.05, 0.1) is 6.10 Å². The molecular formula is C13H19NO. The third-order valence-corrected chi connectivity index (χ3v) is 3.31. The van der Waals surface area contributed by atoms with Crippen LogP contribution in [-0.4, -0.2) is 16.2 Å². The molecule has 2 atom stereocenters. The van der Waals surface area contributed by atoms with Crippen LogP contribution in [0.1, 0.15) is 37.4 Å². The van der Waals surface area contributed by atoms with Gasteiger partial charge in [-0.2, -0.15) is 0 Å². The lowest BCUT2D eigenvalue weighted by Gasteiger charge is -2.08. The number of aromatic nitrogens is 1. The quantitative estimate of drug-likeness (QED) is 0.821. The van der Waals surface area contributed by atoms with Crippen molar-refractivity contribution in [2.45, 2.75) is 45.1 Å². The lowest BCUT2D eigenvalue weighted by molar-refractivity contribution is 0.177. The Balaban J connectivity index is 1.93. The van der Waals surface area contributed by atoms with Crippen LogP contribution in [0.5, 0.6) is 0 Å². The van der Waals surface area contributed by atoms with E-state index in [0.29, 0.717) is 5.92 Å². The normalized spacial score (nSPS) is 25.7. The van der Waals surface area contributed by atoms with Crippen molar-refractivity contribution in [1.29, 1.82) is 0 Å². The number of hydrogen-bond acceptors (Lipinski definition) is 2. The molecule has 15 heavy (non-hydrogen) atoms. The van der Waals surface area contributed by atoms with E-state index in [1.54, 1.807) is 0 Å². The molecule has 1 aliphatic rings. The van der Waals surface area contributed by atoms with Gasteiger partial charge in [0.15, 0.2) is 0 Å². The Morgan fingerprint density at radius 1 is 1.40 bits per heavy atom. The van der Waals surface area contributed by atoms with Crippen molar-refractivity contribution in [2.75, 3.05) is 0 Å². The van der Waals surface area contributed by atoms with Gasteiger partial charge in [-0.25, -0.2) is 0 Å². The zero-order valence-electron chi connectivity index (χ0n) is 9.32. The molecule has 0 aliphatic heterocycles. The van der Waals surface area contributed by atoms with Crippen molar-refractivity contribution < 1.29 is 5.11 Å². The van der Waals surface area contributed by atoms with E-state index in [0.717, 1.165) is 32.1 Å². The zero-order chi connectivity index (χ0) is 10.7. The summed E-state index contributed by atoms with van der Waals surface area (Å²) >= 11 is 0. The molecule has 82 valence electrons. The first kappa shape index (κ1) is 10.6. The fraction of sp³-hybridized carbons (Fsp3) is 0.615. The summed E-state index contributed by atoms with van der Waals surface area (Å²) in [6, 6.07) is 4.29. The predicted molar refractivity (Wildman–Crippen MR) is 60.7 cm³/mol. The molecule has 0 radical (unpaired) electrons. The van der Waals surface area contributed by atoms with Crippen molar-refractivity contribution in [3.05, 3.63) is 29.6 Å². The smallest absolute Gasteiger partial charge is 0.0543 e. The summed E-state index contributed by atoms with van der Waals surface area (Å²) < 4.78 is 0. The molecule has 1 heterocycles. The number of aliphatic hydroxyl groups excluding tert-OH is 1. The SMILES string of the molecule is CCc1ccc(CC2CCC(O)C2)nc1. The van der Waals surface area contributed by atoms with Gasteiger partial charge in [-0.3, -0.25) is 4.98 Å². The average Bonchev–Trinajstić information content (AvgIpc) is 2.65. The van der Waals surface area contributed by atoms with Crippen molar-refractivity contribution in [3.63, 3.8) is 0 Å². The molecule has 1 aliphatic carbocycles. The molecule has 0 bridgehead atoms. The van der Waals surface area contributed by atoms with E-state index in [1.165, 1.54) is 11.3 Å². The second-order valence-electron chi connectivity index (χ2n) is 4.55. The van der Waals surface area contributed by atoms with Crippen LogP contribution >= 0.6 is 0 Å². The van der Waals surface area contributed by atoms with Gasteiger partial charge in [0.2, 0.25) is 0 Å². The lowest BCUT2D eigenvalue weighted by atomic mass is 10.0. The molecule has 0 spiro atoms. The monoisotopic (exact) mass is 205 g/mol. The fourth-order valence-electron chi connectivity index (χ4n) is 2.31. The van der Waals surface area contributed by atoms with E-state index >= 15 is 0 Å². The van der Waals surface area contributed by atoms with Crippen LogP contribution in [-0.2, 0) is 12.8 Å². The molecule has 1 fully saturated rings. The second kappa shape index (κ2) is 4.75. The molecule has 2 rings (SSSR count). The van der Waals surface area contributed by atoms with Crippen LogP contribution < -0.4 is 0 Å². The number of pyridine rings is 1. The second-order valence-corrected chi connectivity index (χ2v) is 4.55. The summed E-state index contributed by atoms with van der Waals surface area (Å²) in [6.45, 7) is 2.14. The van der Waals surface area contributed by atoms with Gasteiger partial charge in [0.25, 0.3) is 0 Å². The average molecular weight is 205 g/mol. The van der Waals surface area contributed by atoms with Gasteiger partial charge >= 0.3 is 0 Å². The highest BCUT2D eigenvalue weighted by Gasteiger charge is 2.22. The number of nitrogens with zero attached hydrogens (tertiary/aromatic N) is 1. The van der Waals surface area contributed by atoms with Gasteiger partial charge in [-0.1, -0.05) is 13.0 Å². The first-order valence-electron chi connectivity index (χ1n) is 5.89. The number of hydrogen-bond donors (Lipinski definition) is 1. The van der Waals surface area contributed by atoms with Crippen LogP contribution in [0.3, 0.4) is 0 Å². The lowest BCUT2D eigenvalue weighted by Crippen LogP contribution is -2.04. The summed E-state index contributed by atoms with van der Waals surface area (Å²) in [7, 11) is 0. The van der Waals surface area contributed by atoms with Crippen molar-refractivity contribution in [2.24, 2.45) is 5.92 Å². The summed E-state index contributed by atoms with van der Waals surface area (Å²) in [5.74, 6) is 0.639. The number of aliphatic hydroxyl groups is 1. The molecule has 0 amide bonds. The molecule has 1 saturated carbocycles. The van der Waals surface area contributed by atoms with Gasteiger partial charge < -0.3 is 5.11 Å². The first-order chi connectivity index (χ1) is 7.28. The molecule has 1 aromatic heterocycles. The fourth-order valence-corrected chi connectivity index (χ4v) is 2.31. The molecule has 2 unspecified atom stereocenters. The molecule has 2 nitrogen and oxygen atoms in total. The molecule has 1 N–H and O–H groups in total. The number of rotatable bonds is 3.